The number of nitro groups is 1. The maximum atomic E-state index is 12.0. The molecule has 1 aromatic rings. The largest absolute Gasteiger partial charge is 0.480 e. The Morgan fingerprint density at radius 1 is 1.32 bits per heavy atom. The number of likely N-dealkylation sites (N-methyl/N-ethyl adjacent to an activating group) is 1. The number of hydrogen-bond acceptors (Lipinski definition) is 6. The van der Waals surface area contributed by atoms with Gasteiger partial charge in [0.15, 0.2) is 0 Å². The summed E-state index contributed by atoms with van der Waals surface area (Å²) >= 11 is 1.32. The minimum absolute atomic E-state index is 0.00169. The van der Waals surface area contributed by atoms with Crippen molar-refractivity contribution in [2.45, 2.75) is 38.2 Å². The van der Waals surface area contributed by atoms with Crippen LogP contribution in [0.5, 0.6) is 0 Å². The molecular formula is C16H22N2O6S. The fourth-order valence-corrected chi connectivity index (χ4v) is 2.95. The number of thioether (sulfide) groups is 1. The molecule has 0 aliphatic rings. The number of rotatable bonds is 7. The van der Waals surface area contributed by atoms with E-state index in [9.17, 15) is 24.8 Å². The van der Waals surface area contributed by atoms with E-state index in [1.807, 2.05) is 0 Å². The van der Waals surface area contributed by atoms with E-state index in [1.54, 1.807) is 32.9 Å². The number of ether oxygens (including phenoxy) is 1. The van der Waals surface area contributed by atoms with Crippen molar-refractivity contribution in [2.75, 3.05) is 12.8 Å². The lowest BCUT2D eigenvalue weighted by atomic mass is 10.2. The molecule has 0 aliphatic heterocycles. The van der Waals surface area contributed by atoms with E-state index >= 15 is 0 Å². The van der Waals surface area contributed by atoms with Gasteiger partial charge in [0, 0.05) is 30.7 Å². The first kappa shape index (κ1) is 20.8. The number of nitrogens with zero attached hydrogens (tertiary/aromatic N) is 2. The molecule has 8 nitrogen and oxygen atoms in total. The Morgan fingerprint density at radius 3 is 2.32 bits per heavy atom. The van der Waals surface area contributed by atoms with Crippen molar-refractivity contribution in [3.05, 3.63) is 39.9 Å². The van der Waals surface area contributed by atoms with Crippen molar-refractivity contribution in [1.82, 2.24) is 4.90 Å². The molecule has 25 heavy (non-hydrogen) atoms. The number of carbonyl (C=O) groups excluding carboxylic acids is 1. The highest BCUT2D eigenvalue weighted by Crippen LogP contribution is 2.19. The number of hydrogen-bond donors (Lipinski definition) is 1. The fourth-order valence-electron chi connectivity index (χ4n) is 1.81. The summed E-state index contributed by atoms with van der Waals surface area (Å²) in [5, 5.41) is 20.0. The van der Waals surface area contributed by atoms with Gasteiger partial charge in [0.2, 0.25) is 0 Å². The Labute approximate surface area is 150 Å². The average molecular weight is 370 g/mol. The molecule has 9 heteroatoms. The molecule has 0 aromatic heterocycles. The van der Waals surface area contributed by atoms with Crippen LogP contribution in [0.15, 0.2) is 24.3 Å². The molecule has 0 aliphatic carbocycles. The molecule has 0 saturated heterocycles. The Hall–Kier alpha value is -2.29. The molecule has 1 aromatic carbocycles. The monoisotopic (exact) mass is 370 g/mol. The fraction of sp³-hybridized carbons (Fsp3) is 0.500. The predicted molar refractivity (Wildman–Crippen MR) is 94.7 cm³/mol. The van der Waals surface area contributed by atoms with Crippen LogP contribution < -0.4 is 0 Å². The normalized spacial score (nSPS) is 12.3. The van der Waals surface area contributed by atoms with E-state index in [0.717, 1.165) is 10.5 Å². The van der Waals surface area contributed by atoms with E-state index < -0.39 is 28.6 Å². The van der Waals surface area contributed by atoms with Gasteiger partial charge in [-0.1, -0.05) is 12.1 Å². The molecule has 1 amide bonds. The van der Waals surface area contributed by atoms with E-state index in [2.05, 4.69) is 0 Å². The lowest BCUT2D eigenvalue weighted by Gasteiger charge is -2.28. The van der Waals surface area contributed by atoms with Crippen LogP contribution in [0.1, 0.15) is 26.3 Å². The molecule has 0 bridgehead atoms. The van der Waals surface area contributed by atoms with Crippen LogP contribution in [0, 0.1) is 10.1 Å². The third-order valence-electron chi connectivity index (χ3n) is 3.13. The van der Waals surface area contributed by atoms with E-state index in [1.165, 1.54) is 30.9 Å². The molecule has 0 spiro atoms. The van der Waals surface area contributed by atoms with Crippen LogP contribution in [-0.2, 0) is 15.3 Å². The highest BCUT2D eigenvalue weighted by atomic mass is 32.2. The lowest BCUT2D eigenvalue weighted by Crippen LogP contribution is -2.46. The van der Waals surface area contributed by atoms with Gasteiger partial charge in [-0.05, 0) is 26.3 Å². The number of carbonyl (C=O) groups is 2. The minimum Gasteiger partial charge on any atom is -0.480 e. The summed E-state index contributed by atoms with van der Waals surface area (Å²) < 4.78 is 5.18. The molecule has 1 N–H and O–H groups in total. The highest BCUT2D eigenvalue weighted by molar-refractivity contribution is 7.98. The van der Waals surface area contributed by atoms with Crippen molar-refractivity contribution in [2.24, 2.45) is 0 Å². The second kappa shape index (κ2) is 8.70. The van der Waals surface area contributed by atoms with Gasteiger partial charge in [-0.25, -0.2) is 9.59 Å². The molecule has 0 unspecified atom stereocenters. The molecule has 0 saturated carbocycles. The predicted octanol–water partition coefficient (Wildman–Crippen LogP) is 3.15. The maximum Gasteiger partial charge on any atom is 0.410 e. The summed E-state index contributed by atoms with van der Waals surface area (Å²) in [6.45, 7) is 5.12. The summed E-state index contributed by atoms with van der Waals surface area (Å²) in [5.41, 5.74) is 0.127. The van der Waals surface area contributed by atoms with Crippen LogP contribution in [0.4, 0.5) is 10.5 Å². The number of non-ortho nitro benzene ring substituents is 1. The zero-order valence-corrected chi connectivity index (χ0v) is 15.4. The number of aliphatic carboxylic acids is 1. The molecule has 1 rings (SSSR count). The first-order valence-electron chi connectivity index (χ1n) is 7.51. The Morgan fingerprint density at radius 2 is 1.88 bits per heavy atom. The van der Waals surface area contributed by atoms with Crippen molar-refractivity contribution < 1.29 is 24.4 Å². The van der Waals surface area contributed by atoms with Crippen molar-refractivity contribution in [3.63, 3.8) is 0 Å². The van der Waals surface area contributed by atoms with Crippen LogP contribution in [-0.4, -0.2) is 51.4 Å². The summed E-state index contributed by atoms with van der Waals surface area (Å²) in [6.07, 6.45) is -0.698. The molecule has 138 valence electrons. The Bertz CT molecular complexity index is 627. The standard InChI is InChI=1S/C16H22N2O6S/c1-16(2,3)24-15(21)17(4)13(14(19)20)10-25-9-11-5-7-12(8-6-11)18(22)23/h5-8,13H,9-10H2,1-4H3,(H,19,20)/t13-/m1/s1. The number of carboxylic acids is 1. The lowest BCUT2D eigenvalue weighted by molar-refractivity contribution is -0.384. The van der Waals surface area contributed by atoms with E-state index in [-0.39, 0.29) is 11.4 Å². The Kier molecular flexibility index (Phi) is 7.22. The van der Waals surface area contributed by atoms with Gasteiger partial charge in [0.05, 0.1) is 4.92 Å². The van der Waals surface area contributed by atoms with Crippen LogP contribution >= 0.6 is 11.8 Å². The number of nitro benzene ring substituents is 1. The second-order valence-electron chi connectivity index (χ2n) is 6.38. The van der Waals surface area contributed by atoms with E-state index in [0.29, 0.717) is 5.75 Å². The molecule has 1 atom stereocenters. The topological polar surface area (TPSA) is 110 Å². The highest BCUT2D eigenvalue weighted by Gasteiger charge is 2.29. The summed E-state index contributed by atoms with van der Waals surface area (Å²) in [5.74, 6) is -0.476. The quantitative estimate of drug-likeness (QED) is 0.580. The molecular weight excluding hydrogens is 348 g/mol. The average Bonchev–Trinajstić information content (AvgIpc) is 2.49. The number of benzene rings is 1. The minimum atomic E-state index is -1.12. The number of carboxylic acid groups (broad SMARTS) is 1. The van der Waals surface area contributed by atoms with Gasteiger partial charge >= 0.3 is 12.1 Å². The van der Waals surface area contributed by atoms with Crippen LogP contribution in [0.2, 0.25) is 0 Å². The van der Waals surface area contributed by atoms with Gasteiger partial charge in [-0.15, -0.1) is 0 Å². The second-order valence-corrected chi connectivity index (χ2v) is 7.41. The summed E-state index contributed by atoms with van der Waals surface area (Å²) in [4.78, 5) is 34.6. The van der Waals surface area contributed by atoms with Gasteiger partial charge in [0.1, 0.15) is 11.6 Å². The molecule has 0 radical (unpaired) electrons. The number of amides is 1. The van der Waals surface area contributed by atoms with Crippen LogP contribution in [0.25, 0.3) is 0 Å². The molecule has 0 fully saturated rings. The Balaban J connectivity index is 2.62. The SMILES string of the molecule is CN(C(=O)OC(C)(C)C)[C@H](CSCc1ccc([N+](=O)[O-])cc1)C(=O)O. The zero-order chi connectivity index (χ0) is 19.2. The summed E-state index contributed by atoms with van der Waals surface area (Å²) in [6, 6.07) is 5.02. The van der Waals surface area contributed by atoms with Crippen molar-refractivity contribution in [1.29, 1.82) is 0 Å². The first-order chi connectivity index (χ1) is 11.5. The smallest absolute Gasteiger partial charge is 0.410 e. The van der Waals surface area contributed by atoms with Crippen molar-refractivity contribution >= 4 is 29.5 Å². The zero-order valence-electron chi connectivity index (χ0n) is 14.6. The van der Waals surface area contributed by atoms with Gasteiger partial charge in [-0.3, -0.25) is 15.0 Å². The van der Waals surface area contributed by atoms with Gasteiger partial charge in [-0.2, -0.15) is 11.8 Å². The maximum absolute atomic E-state index is 12.0. The van der Waals surface area contributed by atoms with Crippen LogP contribution in [0.3, 0.4) is 0 Å². The third-order valence-corrected chi connectivity index (χ3v) is 4.21. The first-order valence-corrected chi connectivity index (χ1v) is 8.66. The van der Waals surface area contributed by atoms with Crippen molar-refractivity contribution in [3.8, 4) is 0 Å². The van der Waals surface area contributed by atoms with Gasteiger partial charge < -0.3 is 9.84 Å². The summed E-state index contributed by atoms with van der Waals surface area (Å²) in [7, 11) is 1.39. The third kappa shape index (κ3) is 7.00. The van der Waals surface area contributed by atoms with Gasteiger partial charge in [0.25, 0.3) is 5.69 Å². The molecule has 0 heterocycles. The van der Waals surface area contributed by atoms with E-state index in [4.69, 9.17) is 4.74 Å².